The highest BCUT2D eigenvalue weighted by Crippen LogP contribution is 2.19. The number of aliphatic hydroxyl groups is 1. The Morgan fingerprint density at radius 3 is 3.10 bits per heavy atom. The van der Waals surface area contributed by atoms with Crippen LogP contribution in [0.3, 0.4) is 0 Å². The van der Waals surface area contributed by atoms with Gasteiger partial charge in [-0.2, -0.15) is 0 Å². The molecule has 20 heavy (non-hydrogen) atoms. The number of likely N-dealkylation sites (tertiary alicyclic amines) is 1. The molecule has 0 bridgehead atoms. The first kappa shape index (κ1) is 15.2. The van der Waals surface area contributed by atoms with E-state index in [0.717, 1.165) is 26.1 Å². The van der Waals surface area contributed by atoms with Crippen molar-refractivity contribution in [3.8, 4) is 0 Å². The molecular formula is C15H26N4O. The lowest BCUT2D eigenvalue weighted by atomic mass is 9.97. The first-order valence-electron chi connectivity index (χ1n) is 7.59. The molecule has 1 N–H and O–H groups in total. The van der Waals surface area contributed by atoms with E-state index in [9.17, 15) is 0 Å². The van der Waals surface area contributed by atoms with E-state index in [1.54, 1.807) is 0 Å². The Hall–Kier alpha value is -1.20. The van der Waals surface area contributed by atoms with Crippen molar-refractivity contribution in [3.05, 3.63) is 23.5 Å². The monoisotopic (exact) mass is 278 g/mol. The van der Waals surface area contributed by atoms with Crippen LogP contribution in [0.2, 0.25) is 0 Å². The zero-order valence-electron chi connectivity index (χ0n) is 12.6. The van der Waals surface area contributed by atoms with Crippen molar-refractivity contribution in [3.63, 3.8) is 0 Å². The third-order valence-corrected chi connectivity index (χ3v) is 3.82. The summed E-state index contributed by atoms with van der Waals surface area (Å²) in [6.07, 6.45) is 7.79. The number of hydrogen-bond acceptors (Lipinski definition) is 4. The SMILES string of the molecule is CC/C=C(\C)CN1CCC[C@@H](Cn2cc(CO)nn2)C1. The Bertz CT molecular complexity index is 441. The summed E-state index contributed by atoms with van der Waals surface area (Å²) in [5, 5.41) is 17.0. The molecule has 2 rings (SSSR count). The molecule has 0 aromatic carbocycles. The fourth-order valence-electron chi connectivity index (χ4n) is 2.97. The topological polar surface area (TPSA) is 54.2 Å². The van der Waals surface area contributed by atoms with E-state index in [0.29, 0.717) is 11.6 Å². The molecule has 0 unspecified atom stereocenters. The van der Waals surface area contributed by atoms with E-state index < -0.39 is 0 Å². The highest BCUT2D eigenvalue weighted by molar-refractivity contribution is 5.00. The van der Waals surface area contributed by atoms with Gasteiger partial charge in [-0.3, -0.25) is 9.58 Å². The van der Waals surface area contributed by atoms with Gasteiger partial charge >= 0.3 is 0 Å². The molecule has 0 aliphatic carbocycles. The zero-order chi connectivity index (χ0) is 14.4. The lowest BCUT2D eigenvalue weighted by Crippen LogP contribution is -2.38. The van der Waals surface area contributed by atoms with Crippen molar-refractivity contribution >= 4 is 0 Å². The smallest absolute Gasteiger partial charge is 0.108 e. The van der Waals surface area contributed by atoms with E-state index >= 15 is 0 Å². The zero-order valence-corrected chi connectivity index (χ0v) is 12.6. The summed E-state index contributed by atoms with van der Waals surface area (Å²) in [4.78, 5) is 2.54. The summed E-state index contributed by atoms with van der Waals surface area (Å²) in [7, 11) is 0. The quantitative estimate of drug-likeness (QED) is 0.807. The molecule has 0 radical (unpaired) electrons. The van der Waals surface area contributed by atoms with Gasteiger partial charge in [-0.05, 0) is 38.6 Å². The van der Waals surface area contributed by atoms with E-state index in [-0.39, 0.29) is 6.61 Å². The number of aromatic nitrogens is 3. The predicted molar refractivity (Wildman–Crippen MR) is 79.2 cm³/mol. The van der Waals surface area contributed by atoms with Gasteiger partial charge in [0.1, 0.15) is 5.69 Å². The van der Waals surface area contributed by atoms with Gasteiger partial charge in [0.2, 0.25) is 0 Å². The van der Waals surface area contributed by atoms with Crippen LogP contribution in [0, 0.1) is 5.92 Å². The Morgan fingerprint density at radius 2 is 2.40 bits per heavy atom. The van der Waals surface area contributed by atoms with E-state index in [2.05, 4.69) is 35.1 Å². The minimum Gasteiger partial charge on any atom is -0.390 e. The molecule has 5 nitrogen and oxygen atoms in total. The van der Waals surface area contributed by atoms with Crippen molar-refractivity contribution in [2.45, 2.75) is 46.3 Å². The number of nitrogens with zero attached hydrogens (tertiary/aromatic N) is 4. The number of hydrogen-bond donors (Lipinski definition) is 1. The lowest BCUT2D eigenvalue weighted by molar-refractivity contribution is 0.170. The lowest BCUT2D eigenvalue weighted by Gasteiger charge is -2.32. The van der Waals surface area contributed by atoms with Crippen molar-refractivity contribution < 1.29 is 5.11 Å². The molecule has 1 aromatic heterocycles. The van der Waals surface area contributed by atoms with Gasteiger partial charge < -0.3 is 5.11 Å². The highest BCUT2D eigenvalue weighted by Gasteiger charge is 2.20. The summed E-state index contributed by atoms with van der Waals surface area (Å²) in [6.45, 7) is 8.69. The Labute approximate surface area is 121 Å². The second kappa shape index (κ2) is 7.55. The van der Waals surface area contributed by atoms with Crippen LogP contribution in [0.4, 0.5) is 0 Å². The number of rotatable bonds is 6. The molecule has 1 aromatic rings. The average molecular weight is 278 g/mol. The molecular weight excluding hydrogens is 252 g/mol. The van der Waals surface area contributed by atoms with E-state index in [1.165, 1.54) is 25.0 Å². The fraction of sp³-hybridized carbons (Fsp3) is 0.733. The van der Waals surface area contributed by atoms with Gasteiger partial charge in [-0.1, -0.05) is 23.8 Å². The molecule has 0 saturated carbocycles. The minimum absolute atomic E-state index is 0.0300. The van der Waals surface area contributed by atoms with Crippen LogP contribution in [0.5, 0.6) is 0 Å². The highest BCUT2D eigenvalue weighted by atomic mass is 16.3. The largest absolute Gasteiger partial charge is 0.390 e. The van der Waals surface area contributed by atoms with Gasteiger partial charge in [0, 0.05) is 19.6 Å². The average Bonchev–Trinajstić information content (AvgIpc) is 2.87. The number of aliphatic hydroxyl groups excluding tert-OH is 1. The van der Waals surface area contributed by atoms with Gasteiger partial charge in [-0.25, -0.2) is 0 Å². The summed E-state index contributed by atoms with van der Waals surface area (Å²) in [5.74, 6) is 0.631. The maximum Gasteiger partial charge on any atom is 0.108 e. The first-order valence-corrected chi connectivity index (χ1v) is 7.59. The first-order chi connectivity index (χ1) is 9.71. The second-order valence-corrected chi connectivity index (χ2v) is 5.79. The number of piperidine rings is 1. The van der Waals surface area contributed by atoms with Crippen molar-refractivity contribution in [1.29, 1.82) is 0 Å². The molecule has 112 valence electrons. The van der Waals surface area contributed by atoms with Crippen LogP contribution in [0.1, 0.15) is 38.8 Å². The maximum absolute atomic E-state index is 9.02. The van der Waals surface area contributed by atoms with Crippen LogP contribution in [0.25, 0.3) is 0 Å². The third-order valence-electron chi connectivity index (χ3n) is 3.82. The molecule has 5 heteroatoms. The van der Waals surface area contributed by atoms with Crippen LogP contribution < -0.4 is 0 Å². The van der Waals surface area contributed by atoms with Crippen LogP contribution in [0.15, 0.2) is 17.8 Å². The third kappa shape index (κ3) is 4.42. The summed E-state index contributed by atoms with van der Waals surface area (Å²) < 4.78 is 1.87. The Morgan fingerprint density at radius 1 is 1.55 bits per heavy atom. The molecule has 1 aliphatic heterocycles. The van der Waals surface area contributed by atoms with E-state index in [4.69, 9.17) is 5.11 Å². The van der Waals surface area contributed by atoms with Crippen LogP contribution >= 0.6 is 0 Å². The van der Waals surface area contributed by atoms with Gasteiger partial charge in [-0.15, -0.1) is 5.10 Å². The summed E-state index contributed by atoms with van der Waals surface area (Å²) in [5.41, 5.74) is 2.12. The normalized spacial score (nSPS) is 21.4. The molecule has 2 heterocycles. The molecule has 1 fully saturated rings. The molecule has 0 spiro atoms. The molecule has 1 saturated heterocycles. The van der Waals surface area contributed by atoms with Crippen LogP contribution in [-0.4, -0.2) is 44.6 Å². The van der Waals surface area contributed by atoms with Crippen LogP contribution in [-0.2, 0) is 13.2 Å². The van der Waals surface area contributed by atoms with E-state index in [1.807, 2.05) is 10.9 Å². The summed E-state index contributed by atoms with van der Waals surface area (Å²) in [6, 6.07) is 0. The standard InChI is InChI=1S/C15H26N4O/c1-3-5-13(2)8-18-7-4-6-14(9-18)10-19-11-15(12-20)16-17-19/h5,11,14,20H,3-4,6-10,12H2,1-2H3/b13-5+/t14-/m1/s1. The Kier molecular flexibility index (Phi) is 5.73. The molecule has 0 amide bonds. The second-order valence-electron chi connectivity index (χ2n) is 5.79. The van der Waals surface area contributed by atoms with Gasteiger partial charge in [0.25, 0.3) is 0 Å². The molecule has 1 aliphatic rings. The minimum atomic E-state index is -0.0300. The van der Waals surface area contributed by atoms with Crippen molar-refractivity contribution in [1.82, 2.24) is 19.9 Å². The maximum atomic E-state index is 9.02. The van der Waals surface area contributed by atoms with Gasteiger partial charge in [0.05, 0.1) is 12.8 Å². The number of allylic oxidation sites excluding steroid dienone is 1. The summed E-state index contributed by atoms with van der Waals surface area (Å²) >= 11 is 0. The predicted octanol–water partition coefficient (Wildman–Crippen LogP) is 1.84. The fourth-order valence-corrected chi connectivity index (χ4v) is 2.97. The molecule has 1 atom stereocenters. The van der Waals surface area contributed by atoms with Crippen molar-refractivity contribution in [2.24, 2.45) is 5.92 Å². The van der Waals surface area contributed by atoms with Crippen molar-refractivity contribution in [2.75, 3.05) is 19.6 Å². The Balaban J connectivity index is 1.85. The van der Waals surface area contributed by atoms with Gasteiger partial charge in [0.15, 0.2) is 0 Å².